The van der Waals surface area contributed by atoms with Crippen LogP contribution in [0.15, 0.2) is 34.9 Å². The summed E-state index contributed by atoms with van der Waals surface area (Å²) in [5.41, 5.74) is -1.63. The van der Waals surface area contributed by atoms with Crippen LogP contribution in [0.3, 0.4) is 0 Å². The van der Waals surface area contributed by atoms with Crippen molar-refractivity contribution in [1.29, 1.82) is 0 Å². The first-order valence-electron chi connectivity index (χ1n) is 9.75. The summed E-state index contributed by atoms with van der Waals surface area (Å²) in [6.45, 7) is 3.18. The van der Waals surface area contributed by atoms with E-state index in [0.29, 0.717) is 18.9 Å². The number of hydrogen-bond acceptors (Lipinski definition) is 4. The van der Waals surface area contributed by atoms with Gasteiger partial charge in [-0.15, -0.1) is 0 Å². The molecular weight excluding hydrogens is 457 g/mol. The topological polar surface area (TPSA) is 55.9 Å². The third-order valence-electron chi connectivity index (χ3n) is 4.72. The number of hydrogen-bond donors (Lipinski definition) is 1. The highest BCUT2D eigenvalue weighted by Gasteiger charge is 2.41. The molecule has 2 heterocycles. The summed E-state index contributed by atoms with van der Waals surface area (Å²) < 4.78 is 99.1. The molecule has 0 bridgehead atoms. The highest BCUT2D eigenvalue weighted by molar-refractivity contribution is 5.80. The second-order valence-corrected chi connectivity index (χ2v) is 7.23. The number of nitrogens with one attached hydrogen (secondary N) is 1. The van der Waals surface area contributed by atoms with E-state index in [0.717, 1.165) is 10.7 Å². The van der Waals surface area contributed by atoms with Gasteiger partial charge in [-0.3, -0.25) is 4.68 Å². The quantitative estimate of drug-likeness (QED) is 0.397. The first-order chi connectivity index (χ1) is 15.3. The van der Waals surface area contributed by atoms with E-state index in [1.54, 1.807) is 0 Å². The zero-order chi connectivity index (χ0) is 24.6. The standard InChI is InChI=1S/C21H19F7N4O/c1-4-5-6-15(18-11(2)31-33-19(18)21(26,27)28)29-12-7-8-13(14(22)9-12)16-10-17(20(23,24)25)30-32(16)3/h6-10,29H,4-5H2,1-3H3/b15-6-. The molecule has 0 aliphatic heterocycles. The van der Waals surface area contributed by atoms with Crippen molar-refractivity contribution >= 4 is 11.4 Å². The molecule has 0 spiro atoms. The van der Waals surface area contributed by atoms with Gasteiger partial charge >= 0.3 is 12.4 Å². The zero-order valence-electron chi connectivity index (χ0n) is 17.7. The summed E-state index contributed by atoms with van der Waals surface area (Å²) in [7, 11) is 1.25. The molecule has 12 heteroatoms. The Morgan fingerprint density at radius 3 is 2.36 bits per heavy atom. The molecule has 1 aromatic carbocycles. The molecule has 2 aromatic heterocycles. The van der Waals surface area contributed by atoms with Crippen molar-refractivity contribution in [2.75, 3.05) is 5.32 Å². The van der Waals surface area contributed by atoms with E-state index in [-0.39, 0.29) is 33.9 Å². The first kappa shape index (κ1) is 24.3. The Kier molecular flexibility index (Phi) is 6.57. The minimum atomic E-state index is -4.80. The lowest BCUT2D eigenvalue weighted by molar-refractivity contribution is -0.155. The van der Waals surface area contributed by atoms with E-state index in [2.05, 4.69) is 20.1 Å². The summed E-state index contributed by atoms with van der Waals surface area (Å²) in [5, 5.41) is 9.51. The summed E-state index contributed by atoms with van der Waals surface area (Å²) in [6, 6.07) is 4.26. The number of aromatic nitrogens is 3. The van der Waals surface area contributed by atoms with Gasteiger partial charge in [0.05, 0.1) is 17.0 Å². The normalized spacial score (nSPS) is 13.0. The van der Waals surface area contributed by atoms with E-state index < -0.39 is 29.6 Å². The molecule has 1 N–H and O–H groups in total. The molecule has 0 fully saturated rings. The van der Waals surface area contributed by atoms with Crippen LogP contribution >= 0.6 is 0 Å². The maximum Gasteiger partial charge on any atom is 0.453 e. The molecular formula is C21H19F7N4O. The highest BCUT2D eigenvalue weighted by Crippen LogP contribution is 2.38. The number of allylic oxidation sites excluding steroid dienone is 1. The van der Waals surface area contributed by atoms with Gasteiger partial charge < -0.3 is 9.84 Å². The fraction of sp³-hybridized carbons (Fsp3) is 0.333. The van der Waals surface area contributed by atoms with E-state index in [9.17, 15) is 30.7 Å². The Morgan fingerprint density at radius 1 is 1.12 bits per heavy atom. The zero-order valence-corrected chi connectivity index (χ0v) is 17.7. The number of halogens is 7. The van der Waals surface area contributed by atoms with E-state index in [1.807, 2.05) is 6.92 Å². The maximum absolute atomic E-state index is 14.8. The highest BCUT2D eigenvalue weighted by atomic mass is 19.4. The van der Waals surface area contributed by atoms with Crippen LogP contribution < -0.4 is 5.32 Å². The number of anilines is 1. The molecule has 0 aliphatic rings. The van der Waals surface area contributed by atoms with Crippen LogP contribution in [0.2, 0.25) is 0 Å². The van der Waals surface area contributed by atoms with E-state index >= 15 is 0 Å². The molecule has 33 heavy (non-hydrogen) atoms. The Morgan fingerprint density at radius 2 is 1.82 bits per heavy atom. The Bertz CT molecular complexity index is 1170. The second-order valence-electron chi connectivity index (χ2n) is 7.23. The van der Waals surface area contributed by atoms with Crippen LogP contribution in [0.1, 0.15) is 42.5 Å². The predicted octanol–water partition coefficient (Wildman–Crippen LogP) is 6.81. The largest absolute Gasteiger partial charge is 0.453 e. The first-order valence-corrected chi connectivity index (χ1v) is 9.75. The second kappa shape index (κ2) is 8.91. The van der Waals surface area contributed by atoms with Gasteiger partial charge in [-0.05, 0) is 37.6 Å². The molecule has 3 rings (SSSR count). The predicted molar refractivity (Wildman–Crippen MR) is 106 cm³/mol. The Balaban J connectivity index is 1.98. The van der Waals surface area contributed by atoms with Crippen molar-refractivity contribution in [3.8, 4) is 11.3 Å². The minimum absolute atomic E-state index is 0.0103. The summed E-state index contributed by atoms with van der Waals surface area (Å²) in [5.74, 6) is -2.17. The lowest BCUT2D eigenvalue weighted by Crippen LogP contribution is -2.10. The third-order valence-corrected chi connectivity index (χ3v) is 4.72. The van der Waals surface area contributed by atoms with Crippen LogP contribution in [-0.4, -0.2) is 14.9 Å². The van der Waals surface area contributed by atoms with Gasteiger partial charge in [0.25, 0.3) is 0 Å². The van der Waals surface area contributed by atoms with Gasteiger partial charge in [0.15, 0.2) is 5.69 Å². The van der Waals surface area contributed by atoms with Crippen molar-refractivity contribution in [2.24, 2.45) is 7.05 Å². The molecule has 0 unspecified atom stereocenters. The monoisotopic (exact) mass is 476 g/mol. The van der Waals surface area contributed by atoms with Crippen LogP contribution in [0.5, 0.6) is 0 Å². The molecule has 0 saturated carbocycles. The molecule has 0 atom stereocenters. The molecule has 0 radical (unpaired) electrons. The fourth-order valence-corrected chi connectivity index (χ4v) is 3.20. The van der Waals surface area contributed by atoms with E-state index in [4.69, 9.17) is 0 Å². The summed E-state index contributed by atoms with van der Waals surface area (Å²) in [6.07, 6.45) is -6.93. The smallest absolute Gasteiger partial charge is 0.355 e. The Hall–Kier alpha value is -3.31. The average molecular weight is 476 g/mol. The van der Waals surface area contributed by atoms with Crippen LogP contribution in [0, 0.1) is 12.7 Å². The van der Waals surface area contributed by atoms with Crippen LogP contribution in [-0.2, 0) is 19.4 Å². The lowest BCUT2D eigenvalue weighted by Gasteiger charge is -2.14. The average Bonchev–Trinajstić information content (AvgIpc) is 3.28. The summed E-state index contributed by atoms with van der Waals surface area (Å²) in [4.78, 5) is 0. The number of nitrogens with zero attached hydrogens (tertiary/aromatic N) is 3. The third kappa shape index (κ3) is 5.20. The van der Waals surface area contributed by atoms with Gasteiger partial charge in [-0.1, -0.05) is 24.6 Å². The van der Waals surface area contributed by atoms with Gasteiger partial charge in [0, 0.05) is 24.0 Å². The number of alkyl halides is 6. The van der Waals surface area contributed by atoms with Crippen molar-refractivity contribution in [1.82, 2.24) is 14.9 Å². The lowest BCUT2D eigenvalue weighted by atomic mass is 10.1. The van der Waals surface area contributed by atoms with Gasteiger partial charge in [-0.25, -0.2) is 4.39 Å². The number of unbranched alkanes of at least 4 members (excludes halogenated alkanes) is 1. The fourth-order valence-electron chi connectivity index (χ4n) is 3.20. The van der Waals surface area contributed by atoms with E-state index in [1.165, 1.54) is 32.2 Å². The van der Waals surface area contributed by atoms with Crippen LogP contribution in [0.4, 0.5) is 36.4 Å². The molecule has 5 nitrogen and oxygen atoms in total. The molecule has 0 saturated heterocycles. The van der Waals surface area contributed by atoms with Crippen molar-refractivity contribution in [3.05, 3.63) is 58.9 Å². The summed E-state index contributed by atoms with van der Waals surface area (Å²) >= 11 is 0. The minimum Gasteiger partial charge on any atom is -0.355 e. The van der Waals surface area contributed by atoms with Gasteiger partial charge in [0.2, 0.25) is 5.76 Å². The molecule has 0 amide bonds. The number of aryl methyl sites for hydroxylation is 2. The SMILES string of the molecule is CCC/C=C(\Nc1ccc(-c2cc(C(F)(F)F)nn2C)c(F)c1)c1c(C)noc1C(F)(F)F. The molecule has 0 aliphatic carbocycles. The van der Waals surface area contributed by atoms with Crippen molar-refractivity contribution in [2.45, 2.75) is 39.0 Å². The van der Waals surface area contributed by atoms with Gasteiger partial charge in [-0.2, -0.15) is 31.4 Å². The number of benzene rings is 1. The van der Waals surface area contributed by atoms with Gasteiger partial charge in [0.1, 0.15) is 5.82 Å². The van der Waals surface area contributed by atoms with Crippen molar-refractivity contribution < 1.29 is 35.3 Å². The maximum atomic E-state index is 14.8. The number of rotatable bonds is 6. The van der Waals surface area contributed by atoms with Crippen LogP contribution in [0.25, 0.3) is 17.0 Å². The Labute approximate surface area is 183 Å². The molecule has 178 valence electrons. The van der Waals surface area contributed by atoms with Crippen molar-refractivity contribution in [3.63, 3.8) is 0 Å². The molecule has 3 aromatic rings.